The summed E-state index contributed by atoms with van der Waals surface area (Å²) in [7, 11) is 0. The largest absolute Gasteiger partial charge is 0.376 e. The molecule has 130 valence electrons. The molecule has 1 saturated heterocycles. The van der Waals surface area contributed by atoms with E-state index in [-0.39, 0.29) is 12.0 Å². The Morgan fingerprint density at radius 2 is 1.88 bits per heavy atom. The van der Waals surface area contributed by atoms with Crippen LogP contribution in [0.15, 0.2) is 48.5 Å². The van der Waals surface area contributed by atoms with Gasteiger partial charge in [0.05, 0.1) is 6.10 Å². The maximum atomic E-state index is 12.7. The molecule has 0 N–H and O–H groups in total. The molecule has 25 heavy (non-hydrogen) atoms. The molecule has 1 heterocycles. The maximum Gasteiger partial charge on any atom is 0.253 e. The Labute approximate surface area is 153 Å². The molecule has 1 aliphatic heterocycles. The molecule has 1 amide bonds. The predicted octanol–water partition coefficient (Wildman–Crippen LogP) is 4.65. The highest BCUT2D eigenvalue weighted by Gasteiger charge is 2.29. The van der Waals surface area contributed by atoms with Crippen molar-refractivity contribution in [2.75, 3.05) is 19.7 Å². The van der Waals surface area contributed by atoms with Gasteiger partial charge in [0.15, 0.2) is 0 Å². The minimum absolute atomic E-state index is 0.0927. The summed E-state index contributed by atoms with van der Waals surface area (Å²) in [6, 6.07) is 15.5. The second kappa shape index (κ2) is 7.19. The summed E-state index contributed by atoms with van der Waals surface area (Å²) in [6.45, 7) is 2.35. The van der Waals surface area contributed by atoms with Gasteiger partial charge in [-0.25, -0.2) is 0 Å². The molecule has 4 rings (SSSR count). The molecular formula is C21H22ClNO2. The Morgan fingerprint density at radius 1 is 1.08 bits per heavy atom. The monoisotopic (exact) mass is 355 g/mol. The number of nitrogens with zero attached hydrogens (tertiary/aromatic N) is 1. The summed E-state index contributed by atoms with van der Waals surface area (Å²) in [4.78, 5) is 14.6. The van der Waals surface area contributed by atoms with Crippen LogP contribution < -0.4 is 0 Å². The topological polar surface area (TPSA) is 29.5 Å². The highest BCUT2D eigenvalue weighted by molar-refractivity contribution is 6.30. The molecule has 1 atom stereocenters. The third kappa shape index (κ3) is 4.05. The van der Waals surface area contributed by atoms with Crippen LogP contribution in [0.4, 0.5) is 0 Å². The first-order valence-electron chi connectivity index (χ1n) is 8.96. The Morgan fingerprint density at radius 3 is 2.60 bits per heavy atom. The zero-order chi connectivity index (χ0) is 17.2. The van der Waals surface area contributed by atoms with Gasteiger partial charge in [0.2, 0.25) is 0 Å². The van der Waals surface area contributed by atoms with E-state index in [0.29, 0.717) is 11.6 Å². The number of amides is 1. The smallest absolute Gasteiger partial charge is 0.253 e. The number of ether oxygens (including phenoxy) is 1. The zero-order valence-corrected chi connectivity index (χ0v) is 14.9. The highest BCUT2D eigenvalue weighted by atomic mass is 35.5. The summed E-state index contributed by atoms with van der Waals surface area (Å²) < 4.78 is 5.92. The van der Waals surface area contributed by atoms with E-state index < -0.39 is 0 Å². The van der Waals surface area contributed by atoms with Crippen molar-refractivity contribution in [2.24, 2.45) is 5.92 Å². The summed E-state index contributed by atoms with van der Waals surface area (Å²) in [5, 5.41) is 0.715. The van der Waals surface area contributed by atoms with Crippen LogP contribution in [0.5, 0.6) is 0 Å². The molecule has 1 aliphatic carbocycles. The summed E-state index contributed by atoms with van der Waals surface area (Å²) in [5.74, 6) is 0.860. The first-order chi connectivity index (χ1) is 12.2. The van der Waals surface area contributed by atoms with Gasteiger partial charge in [-0.2, -0.15) is 0 Å². The van der Waals surface area contributed by atoms with Crippen molar-refractivity contribution in [1.29, 1.82) is 0 Å². The van der Waals surface area contributed by atoms with Crippen LogP contribution in [0.3, 0.4) is 0 Å². The van der Waals surface area contributed by atoms with Crippen LogP contribution in [0.2, 0.25) is 5.02 Å². The molecule has 0 radical (unpaired) electrons. The average Bonchev–Trinajstić information content (AvgIpc) is 3.35. The number of likely N-dealkylation sites (tertiary alicyclic amines) is 1. The van der Waals surface area contributed by atoms with Crippen molar-refractivity contribution < 1.29 is 9.53 Å². The van der Waals surface area contributed by atoms with E-state index in [1.807, 2.05) is 53.4 Å². The third-order valence-corrected chi connectivity index (χ3v) is 5.22. The van der Waals surface area contributed by atoms with Gasteiger partial charge in [0.25, 0.3) is 5.91 Å². The van der Waals surface area contributed by atoms with Gasteiger partial charge in [0, 0.05) is 30.3 Å². The fourth-order valence-corrected chi connectivity index (χ4v) is 3.45. The molecule has 1 unspecified atom stereocenters. The first-order valence-corrected chi connectivity index (χ1v) is 9.34. The molecule has 2 aromatic carbocycles. The lowest BCUT2D eigenvalue weighted by atomic mass is 10.0. The Balaban J connectivity index is 1.39. The molecule has 3 nitrogen and oxygen atoms in total. The molecule has 4 heteroatoms. The van der Waals surface area contributed by atoms with Crippen molar-refractivity contribution >= 4 is 17.5 Å². The van der Waals surface area contributed by atoms with Gasteiger partial charge in [0.1, 0.15) is 0 Å². The van der Waals surface area contributed by atoms with Crippen LogP contribution in [0, 0.1) is 5.92 Å². The van der Waals surface area contributed by atoms with E-state index in [1.54, 1.807) is 0 Å². The minimum Gasteiger partial charge on any atom is -0.376 e. The molecule has 1 saturated carbocycles. The molecule has 0 bridgehead atoms. The van der Waals surface area contributed by atoms with Crippen LogP contribution >= 0.6 is 11.6 Å². The second-order valence-electron chi connectivity index (χ2n) is 7.03. The number of benzene rings is 2. The minimum atomic E-state index is 0.0927. The van der Waals surface area contributed by atoms with E-state index in [9.17, 15) is 4.79 Å². The summed E-state index contributed by atoms with van der Waals surface area (Å²) >= 11 is 6.05. The normalized spacial score (nSPS) is 20.0. The van der Waals surface area contributed by atoms with Crippen molar-refractivity contribution in [2.45, 2.75) is 25.4 Å². The fourth-order valence-electron chi connectivity index (χ4n) is 3.26. The van der Waals surface area contributed by atoms with Gasteiger partial charge in [-0.1, -0.05) is 35.9 Å². The number of hydrogen-bond acceptors (Lipinski definition) is 2. The Kier molecular flexibility index (Phi) is 4.78. The van der Waals surface area contributed by atoms with Gasteiger partial charge < -0.3 is 9.64 Å². The third-order valence-electron chi connectivity index (χ3n) is 4.99. The molecule has 2 aromatic rings. The number of halogens is 1. The molecular weight excluding hydrogens is 334 g/mol. The quantitative estimate of drug-likeness (QED) is 0.781. The van der Waals surface area contributed by atoms with E-state index >= 15 is 0 Å². The van der Waals surface area contributed by atoms with Crippen LogP contribution in [-0.4, -0.2) is 36.6 Å². The van der Waals surface area contributed by atoms with E-state index in [0.717, 1.165) is 42.2 Å². The van der Waals surface area contributed by atoms with Crippen LogP contribution in [-0.2, 0) is 4.74 Å². The van der Waals surface area contributed by atoms with Gasteiger partial charge in [-0.15, -0.1) is 0 Å². The van der Waals surface area contributed by atoms with Crippen molar-refractivity contribution in [3.63, 3.8) is 0 Å². The zero-order valence-electron chi connectivity index (χ0n) is 14.2. The lowest BCUT2D eigenvalue weighted by Gasteiger charge is -2.17. The molecule has 0 aromatic heterocycles. The molecule has 2 aliphatic rings. The average molecular weight is 356 g/mol. The lowest BCUT2D eigenvalue weighted by Crippen LogP contribution is -2.30. The lowest BCUT2D eigenvalue weighted by molar-refractivity contribution is 0.0480. The fraction of sp³-hybridized carbons (Fsp3) is 0.381. The van der Waals surface area contributed by atoms with E-state index in [4.69, 9.17) is 16.3 Å². The molecule has 2 fully saturated rings. The van der Waals surface area contributed by atoms with Crippen LogP contribution in [0.1, 0.15) is 29.6 Å². The summed E-state index contributed by atoms with van der Waals surface area (Å²) in [6.07, 6.45) is 3.75. The molecule has 0 spiro atoms. The SMILES string of the molecule is O=C(c1ccc(-c2cccc(Cl)c2)cc1)N1CCC(OCC2CC2)C1. The number of hydrogen-bond donors (Lipinski definition) is 0. The maximum absolute atomic E-state index is 12.7. The number of carbonyl (C=O) groups is 1. The van der Waals surface area contributed by atoms with Gasteiger partial charge in [-0.05, 0) is 60.6 Å². The van der Waals surface area contributed by atoms with E-state index in [1.165, 1.54) is 12.8 Å². The highest BCUT2D eigenvalue weighted by Crippen LogP contribution is 2.30. The standard InChI is InChI=1S/C21H22ClNO2/c22-19-3-1-2-18(12-19)16-6-8-17(9-7-16)21(24)23-11-10-20(13-23)25-14-15-4-5-15/h1-3,6-9,12,15,20H,4-5,10-11,13-14H2. The number of carbonyl (C=O) groups excluding carboxylic acids is 1. The predicted molar refractivity (Wildman–Crippen MR) is 99.9 cm³/mol. The number of rotatable bonds is 5. The van der Waals surface area contributed by atoms with E-state index in [2.05, 4.69) is 0 Å². The Hall–Kier alpha value is -1.84. The van der Waals surface area contributed by atoms with Gasteiger partial charge in [-0.3, -0.25) is 4.79 Å². The Bertz CT molecular complexity index is 755. The van der Waals surface area contributed by atoms with Crippen LogP contribution in [0.25, 0.3) is 11.1 Å². The first kappa shape index (κ1) is 16.6. The summed E-state index contributed by atoms with van der Waals surface area (Å²) in [5.41, 5.74) is 2.85. The van der Waals surface area contributed by atoms with Crippen molar-refractivity contribution in [3.05, 3.63) is 59.1 Å². The van der Waals surface area contributed by atoms with Crippen molar-refractivity contribution in [1.82, 2.24) is 4.90 Å². The second-order valence-corrected chi connectivity index (χ2v) is 7.46. The van der Waals surface area contributed by atoms with Crippen molar-refractivity contribution in [3.8, 4) is 11.1 Å². The van der Waals surface area contributed by atoms with Gasteiger partial charge >= 0.3 is 0 Å².